The highest BCUT2D eigenvalue weighted by atomic mass is 16.3. The molecule has 0 aliphatic carbocycles. The molecule has 0 atom stereocenters. The lowest BCUT2D eigenvalue weighted by molar-refractivity contribution is 0.475. The predicted octanol–water partition coefficient (Wildman–Crippen LogP) is 4.75. The Morgan fingerprint density at radius 2 is 0.679 bits per heavy atom. The van der Waals surface area contributed by atoms with Crippen LogP contribution in [0.15, 0.2) is 97.4 Å². The second-order valence-corrected chi connectivity index (χ2v) is 5.23. The van der Waals surface area contributed by atoms with E-state index in [1.165, 1.54) is 11.9 Å². The number of phenolic OH excluding ortho intramolecular Hbond substituents is 2. The van der Waals surface area contributed by atoms with Crippen LogP contribution in [0, 0.1) is 0 Å². The second-order valence-electron chi connectivity index (χ2n) is 5.23. The number of hydrogen-bond donors (Lipinski definition) is 2. The van der Waals surface area contributed by atoms with Gasteiger partial charge in [0.05, 0.1) is 0 Å². The Labute approximate surface area is 163 Å². The Morgan fingerprint density at radius 1 is 0.500 bits per heavy atom. The first-order chi connectivity index (χ1) is 13.5. The average molecular weight is 370 g/mol. The van der Waals surface area contributed by atoms with Crippen molar-refractivity contribution < 1.29 is 19.8 Å². The van der Waals surface area contributed by atoms with E-state index in [0.29, 0.717) is 0 Å². The molecule has 3 aromatic carbocycles. The van der Waals surface area contributed by atoms with Crippen molar-refractivity contribution in [1.29, 1.82) is 0 Å². The van der Waals surface area contributed by atoms with Crippen LogP contribution in [-0.4, -0.2) is 22.1 Å². The Morgan fingerprint density at radius 3 is 0.857 bits per heavy atom. The van der Waals surface area contributed by atoms with Gasteiger partial charge in [-0.05, 0) is 71.1 Å². The third-order valence-corrected chi connectivity index (χ3v) is 3.43. The molecule has 28 heavy (non-hydrogen) atoms. The highest BCUT2D eigenvalue weighted by Gasteiger charge is 2.00. The van der Waals surface area contributed by atoms with Gasteiger partial charge in [0.1, 0.15) is 11.5 Å². The molecule has 0 amide bonds. The van der Waals surface area contributed by atoms with Crippen molar-refractivity contribution in [2.45, 2.75) is 0 Å². The third-order valence-electron chi connectivity index (χ3n) is 3.43. The van der Waals surface area contributed by atoms with Gasteiger partial charge in [0, 0.05) is 0 Å². The molecule has 0 fully saturated rings. The summed E-state index contributed by atoms with van der Waals surface area (Å²) in [5, 5.41) is 18.6. The van der Waals surface area contributed by atoms with Gasteiger partial charge in [0.15, 0.2) is 11.9 Å². The lowest BCUT2D eigenvalue weighted by atomic mass is 10.0. The van der Waals surface area contributed by atoms with Gasteiger partial charge in [0.2, 0.25) is 0 Å². The summed E-state index contributed by atoms with van der Waals surface area (Å²) < 4.78 is 0. The van der Waals surface area contributed by atoms with E-state index in [1.807, 2.05) is 35.7 Å². The molecule has 3 aromatic rings. The molecule has 2 N–H and O–H groups in total. The summed E-state index contributed by atoms with van der Waals surface area (Å²) in [7, 11) is 0. The molecule has 0 aliphatic rings. The van der Waals surface area contributed by atoms with Crippen molar-refractivity contribution >= 4 is 11.9 Å². The number of hydrogen-bond acceptors (Lipinski definition) is 4. The molecular weight excluding hydrogens is 352 g/mol. The van der Waals surface area contributed by atoms with E-state index in [9.17, 15) is 10.2 Å². The van der Waals surface area contributed by atoms with Crippen LogP contribution < -0.4 is 0 Å². The minimum Gasteiger partial charge on any atom is -0.508 e. The fourth-order valence-electron chi connectivity index (χ4n) is 2.16. The van der Waals surface area contributed by atoms with Crippen molar-refractivity contribution in [3.63, 3.8) is 0 Å². The third kappa shape index (κ3) is 7.31. The number of benzene rings is 3. The van der Waals surface area contributed by atoms with Crippen molar-refractivity contribution in [3.8, 4) is 33.8 Å². The maximum atomic E-state index is 9.30. The maximum Gasteiger partial charge on any atom is 0.176 e. The standard InChI is InChI=1S/C18H14O2.2C3H2O/c19-17-9-5-15(6-10-17)13-1-2-14(4-3-13)16-7-11-18(20)12-8-16;2*1-2-3-4/h1-12,19-20H;2*1H2. The molecule has 138 valence electrons. The Bertz CT molecular complexity index is 903. The minimum atomic E-state index is 0.273. The van der Waals surface area contributed by atoms with Crippen LogP contribution in [-0.2, 0) is 9.59 Å². The molecule has 0 aromatic heterocycles. The summed E-state index contributed by atoms with van der Waals surface area (Å²) in [5.41, 5.74) is 8.10. The highest BCUT2D eigenvalue weighted by molar-refractivity contribution is 5.70. The topological polar surface area (TPSA) is 74.6 Å². The molecule has 0 spiro atoms. The fourth-order valence-corrected chi connectivity index (χ4v) is 2.16. The van der Waals surface area contributed by atoms with Crippen molar-refractivity contribution in [2.24, 2.45) is 0 Å². The van der Waals surface area contributed by atoms with Crippen LogP contribution in [0.25, 0.3) is 22.3 Å². The van der Waals surface area contributed by atoms with Crippen LogP contribution in [0.5, 0.6) is 11.5 Å². The first-order valence-corrected chi connectivity index (χ1v) is 8.03. The first-order valence-electron chi connectivity index (χ1n) is 8.03. The van der Waals surface area contributed by atoms with E-state index in [4.69, 9.17) is 9.59 Å². The van der Waals surface area contributed by atoms with Crippen LogP contribution in [0.1, 0.15) is 0 Å². The average Bonchev–Trinajstić information content (AvgIpc) is 2.75. The minimum absolute atomic E-state index is 0.273. The largest absolute Gasteiger partial charge is 0.508 e. The zero-order chi connectivity index (χ0) is 20.8. The molecule has 0 unspecified atom stereocenters. The van der Waals surface area contributed by atoms with Crippen LogP contribution in [0.4, 0.5) is 0 Å². The van der Waals surface area contributed by atoms with Gasteiger partial charge in [-0.3, -0.25) is 0 Å². The maximum absolute atomic E-state index is 9.30. The van der Waals surface area contributed by atoms with Crippen LogP contribution in [0.3, 0.4) is 0 Å². The monoisotopic (exact) mass is 370 g/mol. The Hall–Kier alpha value is -4.28. The summed E-state index contributed by atoms with van der Waals surface area (Å²) in [6.45, 7) is 5.86. The summed E-state index contributed by atoms with van der Waals surface area (Å²) in [4.78, 5) is 17.8. The smallest absolute Gasteiger partial charge is 0.176 e. The van der Waals surface area contributed by atoms with E-state index in [1.54, 1.807) is 24.3 Å². The summed E-state index contributed by atoms with van der Waals surface area (Å²) in [6.07, 6.45) is 0. The number of rotatable bonds is 2. The Kier molecular flexibility index (Phi) is 9.43. The fraction of sp³-hybridized carbons (Fsp3) is 0. The van der Waals surface area contributed by atoms with Gasteiger partial charge >= 0.3 is 0 Å². The molecule has 3 rings (SSSR count). The normalized spacial score (nSPS) is 8.29. The van der Waals surface area contributed by atoms with Gasteiger partial charge in [-0.25, -0.2) is 9.59 Å². The van der Waals surface area contributed by atoms with Gasteiger partial charge in [-0.1, -0.05) is 48.5 Å². The van der Waals surface area contributed by atoms with Gasteiger partial charge < -0.3 is 10.2 Å². The molecule has 0 saturated carbocycles. The number of carbonyl (C=O) groups excluding carboxylic acids is 2. The molecule has 0 bridgehead atoms. The SMILES string of the molecule is C=C=C=O.C=C=C=O.Oc1ccc(-c2ccc(-c3ccc(O)cc3)cc2)cc1. The zero-order valence-corrected chi connectivity index (χ0v) is 15.1. The van der Waals surface area contributed by atoms with Crippen molar-refractivity contribution in [3.05, 3.63) is 97.4 Å². The van der Waals surface area contributed by atoms with E-state index < -0.39 is 0 Å². The van der Waals surface area contributed by atoms with E-state index in [0.717, 1.165) is 22.3 Å². The lowest BCUT2D eigenvalue weighted by Crippen LogP contribution is -1.80. The highest BCUT2D eigenvalue weighted by Crippen LogP contribution is 2.26. The number of phenols is 2. The lowest BCUT2D eigenvalue weighted by Gasteiger charge is -2.05. The van der Waals surface area contributed by atoms with Gasteiger partial charge in [-0.2, -0.15) is 0 Å². The summed E-state index contributed by atoms with van der Waals surface area (Å²) in [5.74, 6) is 3.18. The molecule has 0 heterocycles. The molecule has 4 nitrogen and oxygen atoms in total. The molecule has 4 heteroatoms. The molecule has 0 saturated heterocycles. The van der Waals surface area contributed by atoms with Crippen molar-refractivity contribution in [1.82, 2.24) is 0 Å². The quantitative estimate of drug-likeness (QED) is 0.504. The summed E-state index contributed by atoms with van der Waals surface area (Å²) in [6, 6.07) is 22.5. The van der Waals surface area contributed by atoms with Crippen molar-refractivity contribution in [2.75, 3.05) is 0 Å². The van der Waals surface area contributed by atoms with Gasteiger partial charge in [0.25, 0.3) is 0 Å². The summed E-state index contributed by atoms with van der Waals surface area (Å²) >= 11 is 0. The van der Waals surface area contributed by atoms with E-state index in [2.05, 4.69) is 37.4 Å². The van der Waals surface area contributed by atoms with Crippen LogP contribution in [0.2, 0.25) is 0 Å². The number of aromatic hydroxyl groups is 2. The molecule has 0 aliphatic heterocycles. The Balaban J connectivity index is 0.000000420. The van der Waals surface area contributed by atoms with E-state index in [-0.39, 0.29) is 11.5 Å². The predicted molar refractivity (Wildman–Crippen MR) is 110 cm³/mol. The molecule has 0 radical (unpaired) electrons. The second kappa shape index (κ2) is 12.1. The van der Waals surface area contributed by atoms with E-state index >= 15 is 0 Å². The van der Waals surface area contributed by atoms with Gasteiger partial charge in [-0.15, -0.1) is 0 Å². The zero-order valence-electron chi connectivity index (χ0n) is 15.1. The first kappa shape index (κ1) is 21.8. The van der Waals surface area contributed by atoms with Crippen LogP contribution >= 0.6 is 0 Å². The molecular formula is C24H18O4.